The molecule has 3 aromatic rings. The van der Waals surface area contributed by atoms with E-state index in [1.54, 1.807) is 26.0 Å². The number of methoxy groups -OCH3 is 2. The number of halogens is 1. The normalized spacial score (nSPS) is 31.3. The Hall–Kier alpha value is -2.56. The van der Waals surface area contributed by atoms with Gasteiger partial charge in [0.05, 0.1) is 36.8 Å². The Morgan fingerprint density at radius 1 is 0.946 bits per heavy atom. The van der Waals surface area contributed by atoms with Crippen LogP contribution < -0.4 is 19.2 Å². The number of hydrogen-bond acceptors (Lipinski definition) is 7. The number of fused-ring (bicyclic) bond motifs is 9. The third kappa shape index (κ3) is 3.28. The highest BCUT2D eigenvalue weighted by atomic mass is 79.9. The van der Waals surface area contributed by atoms with Gasteiger partial charge in [0.15, 0.2) is 11.5 Å². The van der Waals surface area contributed by atoms with Crippen molar-refractivity contribution >= 4 is 56.5 Å². The molecule has 3 heterocycles. The Morgan fingerprint density at radius 2 is 1.65 bits per heavy atom. The smallest absolute Gasteiger partial charge is 0.305 e. The molecule has 3 fully saturated rings. The van der Waals surface area contributed by atoms with Gasteiger partial charge in [-0.2, -0.15) is 0 Å². The van der Waals surface area contributed by atoms with Crippen LogP contribution in [0.15, 0.2) is 56.8 Å². The zero-order chi connectivity index (χ0) is 25.6. The van der Waals surface area contributed by atoms with Gasteiger partial charge in [-0.05, 0) is 66.1 Å². The number of amides is 2. The Labute approximate surface area is 229 Å². The monoisotopic (exact) mass is 598 g/mol. The molecular formula is C27H23BrN2O5S2. The van der Waals surface area contributed by atoms with E-state index in [0.29, 0.717) is 17.2 Å². The first-order valence-electron chi connectivity index (χ1n) is 12.2. The number of carbonyl (C=O) groups excluding carboxylic acids is 2. The summed E-state index contributed by atoms with van der Waals surface area (Å²) in [5.41, 5.74) is 1.66. The van der Waals surface area contributed by atoms with Gasteiger partial charge in [0.2, 0.25) is 11.8 Å². The molecule has 37 heavy (non-hydrogen) atoms. The van der Waals surface area contributed by atoms with Gasteiger partial charge in [-0.1, -0.05) is 33.3 Å². The molecule has 6 unspecified atom stereocenters. The van der Waals surface area contributed by atoms with E-state index in [-0.39, 0.29) is 57.4 Å². The van der Waals surface area contributed by atoms with Crippen LogP contribution in [0, 0.1) is 29.6 Å². The van der Waals surface area contributed by atoms with Crippen LogP contribution in [0.3, 0.4) is 0 Å². The van der Waals surface area contributed by atoms with Crippen molar-refractivity contribution in [3.8, 4) is 11.5 Å². The summed E-state index contributed by atoms with van der Waals surface area (Å²) in [6, 6.07) is 13.3. The zero-order valence-corrected chi connectivity index (χ0v) is 23.2. The molecule has 10 heteroatoms. The fourth-order valence-electron chi connectivity index (χ4n) is 7.28. The van der Waals surface area contributed by atoms with Crippen molar-refractivity contribution in [2.24, 2.45) is 29.6 Å². The molecule has 0 radical (unpaired) electrons. The second kappa shape index (κ2) is 8.47. The zero-order valence-electron chi connectivity index (χ0n) is 20.0. The number of nitrogens with one attached hydrogen (secondary N) is 1. The largest absolute Gasteiger partial charge is 0.493 e. The predicted octanol–water partition coefficient (Wildman–Crippen LogP) is 4.89. The van der Waals surface area contributed by atoms with Crippen LogP contribution in [-0.2, 0) is 9.59 Å². The van der Waals surface area contributed by atoms with Crippen LogP contribution in [0.1, 0.15) is 22.8 Å². The highest BCUT2D eigenvalue weighted by Gasteiger charge is 2.69. The number of ether oxygens (including phenoxy) is 2. The maximum Gasteiger partial charge on any atom is 0.305 e. The van der Waals surface area contributed by atoms with E-state index in [4.69, 9.17) is 9.47 Å². The van der Waals surface area contributed by atoms with E-state index in [0.717, 1.165) is 26.4 Å². The number of aromatic amines is 1. The van der Waals surface area contributed by atoms with Gasteiger partial charge >= 0.3 is 4.87 Å². The lowest BCUT2D eigenvalue weighted by atomic mass is 9.68. The average molecular weight is 600 g/mol. The van der Waals surface area contributed by atoms with Crippen LogP contribution >= 0.6 is 39.0 Å². The minimum Gasteiger partial charge on any atom is -0.493 e. The molecule has 2 amide bonds. The van der Waals surface area contributed by atoms with E-state index >= 15 is 0 Å². The molecule has 0 spiro atoms. The molecule has 7 rings (SSSR count). The van der Waals surface area contributed by atoms with Gasteiger partial charge in [0.25, 0.3) is 0 Å². The number of carbonyl (C=O) groups is 2. The Balaban J connectivity index is 1.32. The van der Waals surface area contributed by atoms with Crippen LogP contribution in [0.25, 0.3) is 0 Å². The fourth-order valence-corrected chi connectivity index (χ4v) is 10.4. The highest BCUT2D eigenvalue weighted by Crippen LogP contribution is 2.68. The maximum atomic E-state index is 13.8. The second-order valence-electron chi connectivity index (χ2n) is 10.1. The van der Waals surface area contributed by atoms with E-state index < -0.39 is 0 Å². The average Bonchev–Trinajstić information content (AvgIpc) is 3.63. The maximum absolute atomic E-state index is 13.8. The summed E-state index contributed by atoms with van der Waals surface area (Å²) in [7, 11) is 3.22. The van der Waals surface area contributed by atoms with E-state index in [1.165, 1.54) is 16.2 Å². The van der Waals surface area contributed by atoms with Crippen LogP contribution in [0.4, 0.5) is 5.69 Å². The summed E-state index contributed by atoms with van der Waals surface area (Å²) in [4.78, 5) is 45.4. The minimum absolute atomic E-state index is 0.0628. The minimum atomic E-state index is -0.331. The summed E-state index contributed by atoms with van der Waals surface area (Å²) >= 11 is 6.37. The third-order valence-electron chi connectivity index (χ3n) is 8.58. The summed E-state index contributed by atoms with van der Waals surface area (Å²) in [5, 5.41) is 1.03. The number of nitrogens with zero attached hydrogens (tertiary/aromatic N) is 1. The number of imide groups is 1. The van der Waals surface area contributed by atoms with Gasteiger partial charge in [-0.15, -0.1) is 11.8 Å². The molecule has 2 saturated carbocycles. The van der Waals surface area contributed by atoms with Gasteiger partial charge in [-0.25, -0.2) is 0 Å². The van der Waals surface area contributed by atoms with Crippen LogP contribution in [0.2, 0.25) is 0 Å². The van der Waals surface area contributed by atoms with E-state index in [2.05, 4.69) is 20.9 Å². The third-order valence-corrected chi connectivity index (χ3v) is 11.7. The fraction of sp³-hybridized carbons (Fsp3) is 0.370. The molecule has 2 bridgehead atoms. The molecule has 2 aliphatic carbocycles. The Kier molecular flexibility index (Phi) is 5.39. The second-order valence-corrected chi connectivity index (χ2v) is 13.2. The van der Waals surface area contributed by atoms with E-state index in [1.807, 2.05) is 42.5 Å². The van der Waals surface area contributed by atoms with Crippen molar-refractivity contribution in [3.63, 3.8) is 0 Å². The molecule has 2 aromatic carbocycles. The summed E-state index contributed by atoms with van der Waals surface area (Å²) in [5.74, 6) is 0.674. The standard InChI is InChI=1S/C27H23BrN2O5S2/c1-34-16-8-3-11(9-17(16)35-2)18-19-14-10-15(22(19)36-24-23(18)37-27(33)29-24)21-20(14)25(31)30(26(21)32)13-6-4-12(28)5-7-13/h3-9,14-15,18-22H,10H2,1-2H3,(H,29,33)/t14?,15?,18-,19?,20?,21?,22?/m1/s1. The molecule has 7 nitrogen and oxygen atoms in total. The van der Waals surface area contributed by atoms with Crippen molar-refractivity contribution in [2.75, 3.05) is 19.1 Å². The number of H-pyrrole nitrogens is 1. The SMILES string of the molecule is COc1ccc([C@H]2c3sc(=O)[nH]c3SC3C4CC(C5C(=O)N(c6ccc(Br)cc6)C(=O)C45)C32)cc1OC. The molecule has 190 valence electrons. The predicted molar refractivity (Wildman–Crippen MR) is 145 cm³/mol. The molecule has 1 aromatic heterocycles. The highest BCUT2D eigenvalue weighted by molar-refractivity contribution is 9.10. The van der Waals surface area contributed by atoms with Crippen molar-refractivity contribution in [1.29, 1.82) is 0 Å². The van der Waals surface area contributed by atoms with Crippen molar-refractivity contribution in [2.45, 2.75) is 22.6 Å². The quantitative estimate of drug-likeness (QED) is 0.430. The van der Waals surface area contributed by atoms with Gasteiger partial charge < -0.3 is 14.5 Å². The lowest BCUT2D eigenvalue weighted by Crippen LogP contribution is -2.42. The first kappa shape index (κ1) is 23.5. The molecule has 2 aliphatic heterocycles. The van der Waals surface area contributed by atoms with Gasteiger partial charge in [0.1, 0.15) is 0 Å². The van der Waals surface area contributed by atoms with Gasteiger partial charge in [0, 0.05) is 20.5 Å². The molecule has 1 N–H and O–H groups in total. The molecule has 4 aliphatic rings. The first-order chi connectivity index (χ1) is 17.9. The van der Waals surface area contributed by atoms with E-state index in [9.17, 15) is 14.4 Å². The Bertz CT molecular complexity index is 1500. The molecule has 7 atom stereocenters. The van der Waals surface area contributed by atoms with Crippen LogP contribution in [0.5, 0.6) is 11.5 Å². The number of thioether (sulfide) groups is 1. The van der Waals surface area contributed by atoms with Crippen LogP contribution in [-0.4, -0.2) is 36.3 Å². The number of aromatic nitrogens is 1. The van der Waals surface area contributed by atoms with Gasteiger partial charge in [-0.3, -0.25) is 19.3 Å². The number of rotatable bonds is 4. The first-order valence-corrected chi connectivity index (χ1v) is 14.6. The number of hydrogen-bond donors (Lipinski definition) is 1. The molecular weight excluding hydrogens is 576 g/mol. The van der Waals surface area contributed by atoms with Crippen molar-refractivity contribution in [3.05, 3.63) is 67.0 Å². The molecule has 1 saturated heterocycles. The summed E-state index contributed by atoms with van der Waals surface area (Å²) in [6.45, 7) is 0. The summed E-state index contributed by atoms with van der Waals surface area (Å²) in [6.07, 6.45) is 0.853. The number of benzene rings is 2. The Morgan fingerprint density at radius 3 is 2.35 bits per heavy atom. The number of thiazole rings is 1. The lowest BCUT2D eigenvalue weighted by molar-refractivity contribution is -0.123. The van der Waals surface area contributed by atoms with Crippen molar-refractivity contribution < 1.29 is 19.1 Å². The lowest BCUT2D eigenvalue weighted by Gasteiger charge is -2.43. The number of anilines is 1. The summed E-state index contributed by atoms with van der Waals surface area (Å²) < 4.78 is 12.0. The topological polar surface area (TPSA) is 88.7 Å². The van der Waals surface area contributed by atoms with Crippen molar-refractivity contribution in [1.82, 2.24) is 4.98 Å².